The second-order valence-corrected chi connectivity index (χ2v) is 5.31. The molecule has 17 heavy (non-hydrogen) atoms. The molecule has 4 nitrogen and oxygen atoms in total. The molecule has 3 N–H and O–H groups in total. The zero-order valence-corrected chi connectivity index (χ0v) is 10.9. The van der Waals surface area contributed by atoms with Crippen LogP contribution in [0.3, 0.4) is 0 Å². The number of thiocarbonyl (C=S) groups is 1. The predicted octanol–water partition coefficient (Wildman–Crippen LogP) is 2.09. The molecular formula is C11H12N4S2. The maximum absolute atomic E-state index is 5.51. The van der Waals surface area contributed by atoms with E-state index in [4.69, 9.17) is 18.0 Å². The summed E-state index contributed by atoms with van der Waals surface area (Å²) in [5.41, 5.74) is 6.09. The Morgan fingerprint density at radius 2 is 2.29 bits per heavy atom. The van der Waals surface area contributed by atoms with Crippen molar-refractivity contribution in [2.75, 3.05) is 5.32 Å². The van der Waals surface area contributed by atoms with Gasteiger partial charge in [-0.25, -0.2) is 9.97 Å². The van der Waals surface area contributed by atoms with Crippen LogP contribution < -0.4 is 11.1 Å². The second kappa shape index (κ2) is 5.20. The summed E-state index contributed by atoms with van der Waals surface area (Å²) in [6.07, 6.45) is 1.64. The molecule has 0 atom stereocenters. The molecule has 0 unspecified atom stereocenters. The minimum atomic E-state index is 0.280. The maximum Gasteiger partial charge on any atom is 0.223 e. The molecule has 88 valence electrons. The highest BCUT2D eigenvalue weighted by Crippen LogP contribution is 2.15. The van der Waals surface area contributed by atoms with Crippen LogP contribution in [0, 0.1) is 6.92 Å². The van der Waals surface area contributed by atoms with E-state index in [-0.39, 0.29) is 4.99 Å². The van der Waals surface area contributed by atoms with Gasteiger partial charge < -0.3 is 11.1 Å². The maximum atomic E-state index is 5.51. The van der Waals surface area contributed by atoms with Gasteiger partial charge in [0.2, 0.25) is 5.95 Å². The molecule has 0 bridgehead atoms. The first kappa shape index (κ1) is 11.9. The molecule has 0 aromatic carbocycles. The van der Waals surface area contributed by atoms with Gasteiger partial charge in [-0.2, -0.15) is 0 Å². The van der Waals surface area contributed by atoms with Gasteiger partial charge in [0.15, 0.2) is 0 Å². The number of hydrogen-bond donors (Lipinski definition) is 2. The van der Waals surface area contributed by atoms with Crippen molar-refractivity contribution in [1.82, 2.24) is 9.97 Å². The smallest absolute Gasteiger partial charge is 0.223 e. The van der Waals surface area contributed by atoms with Gasteiger partial charge in [-0.05, 0) is 25.1 Å². The zero-order valence-electron chi connectivity index (χ0n) is 9.30. The van der Waals surface area contributed by atoms with Crippen LogP contribution in [-0.2, 0) is 6.54 Å². The van der Waals surface area contributed by atoms with Crippen molar-refractivity contribution in [2.45, 2.75) is 13.5 Å². The normalized spacial score (nSPS) is 10.2. The lowest BCUT2D eigenvalue weighted by Crippen LogP contribution is -2.13. The monoisotopic (exact) mass is 264 g/mol. The lowest BCUT2D eigenvalue weighted by atomic mass is 10.4. The molecule has 2 aromatic heterocycles. The molecule has 2 aromatic rings. The molecule has 0 amide bonds. The Balaban J connectivity index is 2.04. The van der Waals surface area contributed by atoms with Gasteiger partial charge in [-0.3, -0.25) is 0 Å². The van der Waals surface area contributed by atoms with E-state index in [0.717, 1.165) is 0 Å². The Kier molecular flexibility index (Phi) is 3.65. The highest BCUT2D eigenvalue weighted by Gasteiger charge is 2.02. The van der Waals surface area contributed by atoms with Crippen LogP contribution in [0.2, 0.25) is 0 Å². The minimum absolute atomic E-state index is 0.280. The van der Waals surface area contributed by atoms with Gasteiger partial charge in [0.05, 0.1) is 6.54 Å². The van der Waals surface area contributed by atoms with E-state index in [1.165, 1.54) is 9.75 Å². The first-order valence-electron chi connectivity index (χ1n) is 5.07. The lowest BCUT2D eigenvalue weighted by Gasteiger charge is -2.04. The molecule has 0 radical (unpaired) electrons. The van der Waals surface area contributed by atoms with Crippen molar-refractivity contribution in [1.29, 1.82) is 0 Å². The summed E-state index contributed by atoms with van der Waals surface area (Å²) in [6.45, 7) is 2.79. The number of aromatic nitrogens is 2. The summed E-state index contributed by atoms with van der Waals surface area (Å²) < 4.78 is 0. The Morgan fingerprint density at radius 1 is 1.47 bits per heavy atom. The van der Waals surface area contributed by atoms with E-state index < -0.39 is 0 Å². The molecule has 0 aliphatic carbocycles. The topological polar surface area (TPSA) is 63.8 Å². The summed E-state index contributed by atoms with van der Waals surface area (Å²) in [5.74, 6) is 0.543. The van der Waals surface area contributed by atoms with E-state index in [2.05, 4.69) is 34.3 Å². The van der Waals surface area contributed by atoms with E-state index >= 15 is 0 Å². The third-order valence-electron chi connectivity index (χ3n) is 2.12. The van der Waals surface area contributed by atoms with E-state index in [1.807, 2.05) is 0 Å². The summed E-state index contributed by atoms with van der Waals surface area (Å²) in [5, 5.41) is 3.14. The molecule has 0 aliphatic heterocycles. The molecule has 2 rings (SSSR count). The lowest BCUT2D eigenvalue weighted by molar-refractivity contribution is 1.06. The molecule has 0 spiro atoms. The van der Waals surface area contributed by atoms with Crippen molar-refractivity contribution < 1.29 is 0 Å². The summed E-state index contributed by atoms with van der Waals surface area (Å²) in [6, 6.07) is 5.88. The predicted molar refractivity (Wildman–Crippen MR) is 74.3 cm³/mol. The molecule has 0 aliphatic rings. The summed E-state index contributed by atoms with van der Waals surface area (Å²) in [4.78, 5) is 11.1. The third kappa shape index (κ3) is 3.21. The number of rotatable bonds is 4. The average molecular weight is 264 g/mol. The molecule has 0 saturated carbocycles. The van der Waals surface area contributed by atoms with Gasteiger partial charge in [-0.1, -0.05) is 12.2 Å². The SMILES string of the molecule is Cc1ccc(CNc2nccc(C(N)=S)n2)s1. The quantitative estimate of drug-likeness (QED) is 0.828. The van der Waals surface area contributed by atoms with Crippen molar-refractivity contribution in [2.24, 2.45) is 5.73 Å². The highest BCUT2D eigenvalue weighted by molar-refractivity contribution is 7.80. The van der Waals surface area contributed by atoms with Crippen LogP contribution in [0.25, 0.3) is 0 Å². The standard InChI is InChI=1S/C11H12N4S2/c1-7-2-3-8(17-7)6-14-11-13-5-4-9(15-11)10(12)16/h2-5H,6H2,1H3,(H2,12,16)(H,13,14,15). The Bertz CT molecular complexity index is 536. The third-order valence-corrected chi connectivity index (χ3v) is 3.33. The van der Waals surface area contributed by atoms with Crippen LogP contribution in [0.1, 0.15) is 15.4 Å². The number of thiophene rings is 1. The molecule has 2 heterocycles. The van der Waals surface area contributed by atoms with Crippen LogP contribution >= 0.6 is 23.6 Å². The van der Waals surface area contributed by atoms with Crippen LogP contribution in [0.15, 0.2) is 24.4 Å². The number of nitrogens with two attached hydrogens (primary N) is 1. The number of nitrogens with one attached hydrogen (secondary N) is 1. The Morgan fingerprint density at radius 3 is 2.94 bits per heavy atom. The fraction of sp³-hybridized carbons (Fsp3) is 0.182. The average Bonchev–Trinajstić information content (AvgIpc) is 2.73. The van der Waals surface area contributed by atoms with Gasteiger partial charge in [0, 0.05) is 16.0 Å². The zero-order chi connectivity index (χ0) is 12.3. The Hall–Kier alpha value is -1.53. The van der Waals surface area contributed by atoms with Crippen molar-refractivity contribution in [3.05, 3.63) is 39.8 Å². The fourth-order valence-electron chi connectivity index (χ4n) is 1.33. The van der Waals surface area contributed by atoms with Gasteiger partial charge in [0.1, 0.15) is 10.7 Å². The minimum Gasteiger partial charge on any atom is -0.388 e. The molecular weight excluding hydrogens is 252 g/mol. The van der Waals surface area contributed by atoms with Crippen LogP contribution in [-0.4, -0.2) is 15.0 Å². The molecule has 0 fully saturated rings. The number of hydrogen-bond acceptors (Lipinski definition) is 5. The first-order valence-corrected chi connectivity index (χ1v) is 6.29. The van der Waals surface area contributed by atoms with E-state index in [9.17, 15) is 0 Å². The van der Waals surface area contributed by atoms with Crippen LogP contribution in [0.4, 0.5) is 5.95 Å². The van der Waals surface area contributed by atoms with Gasteiger partial charge in [0.25, 0.3) is 0 Å². The van der Waals surface area contributed by atoms with E-state index in [0.29, 0.717) is 18.2 Å². The summed E-state index contributed by atoms with van der Waals surface area (Å²) >= 11 is 6.61. The van der Waals surface area contributed by atoms with Gasteiger partial charge in [-0.15, -0.1) is 11.3 Å². The van der Waals surface area contributed by atoms with Crippen molar-refractivity contribution in [3.8, 4) is 0 Å². The fourth-order valence-corrected chi connectivity index (χ4v) is 2.27. The van der Waals surface area contributed by atoms with Gasteiger partial charge >= 0.3 is 0 Å². The summed E-state index contributed by atoms with van der Waals surface area (Å²) in [7, 11) is 0. The Labute approximate surface area is 109 Å². The van der Waals surface area contributed by atoms with Crippen molar-refractivity contribution >= 4 is 34.5 Å². The number of anilines is 1. The second-order valence-electron chi connectivity index (χ2n) is 3.50. The van der Waals surface area contributed by atoms with Crippen molar-refractivity contribution in [3.63, 3.8) is 0 Å². The highest BCUT2D eigenvalue weighted by atomic mass is 32.1. The first-order chi connectivity index (χ1) is 8.15. The number of aryl methyl sites for hydroxylation is 1. The van der Waals surface area contributed by atoms with Crippen LogP contribution in [0.5, 0.6) is 0 Å². The number of nitrogens with zero attached hydrogens (tertiary/aromatic N) is 2. The molecule has 0 saturated heterocycles. The largest absolute Gasteiger partial charge is 0.388 e. The van der Waals surface area contributed by atoms with E-state index in [1.54, 1.807) is 23.6 Å². The molecule has 6 heteroatoms.